The molecule has 1 atom stereocenters. The lowest BCUT2D eigenvalue weighted by atomic mass is 10.0. The highest BCUT2D eigenvalue weighted by molar-refractivity contribution is 7.92. The number of anilines is 1. The minimum atomic E-state index is -3.85. The quantitative estimate of drug-likeness (QED) is 0.701. The first kappa shape index (κ1) is 21.5. The third-order valence-corrected chi connectivity index (χ3v) is 8.21. The van der Waals surface area contributed by atoms with Crippen LogP contribution in [0.3, 0.4) is 0 Å². The Bertz CT molecular complexity index is 1090. The maximum Gasteiger partial charge on any atom is 0.261 e. The lowest BCUT2D eigenvalue weighted by molar-refractivity contribution is 0.101. The van der Waals surface area contributed by atoms with Crippen molar-refractivity contribution < 1.29 is 21.6 Å². The fraction of sp³-hybridized carbons (Fsp3) is 0.350. The van der Waals surface area contributed by atoms with Crippen molar-refractivity contribution in [3.8, 4) is 0 Å². The summed E-state index contributed by atoms with van der Waals surface area (Å²) in [6, 6.07) is 11.3. The number of hydrogen-bond acceptors (Lipinski definition) is 5. The second kappa shape index (κ2) is 8.25. The van der Waals surface area contributed by atoms with Gasteiger partial charge in [0.05, 0.1) is 9.79 Å². The highest BCUT2D eigenvalue weighted by Crippen LogP contribution is 2.25. The molecule has 2 aromatic rings. The van der Waals surface area contributed by atoms with Crippen LogP contribution in [-0.2, 0) is 20.0 Å². The molecule has 1 fully saturated rings. The van der Waals surface area contributed by atoms with Gasteiger partial charge in [0.1, 0.15) is 0 Å². The molecule has 0 aliphatic carbocycles. The van der Waals surface area contributed by atoms with Crippen LogP contribution in [0.5, 0.6) is 0 Å². The summed E-state index contributed by atoms with van der Waals surface area (Å²) in [6.45, 7) is 4.43. The second-order valence-electron chi connectivity index (χ2n) is 7.32. The van der Waals surface area contributed by atoms with Crippen molar-refractivity contribution in [1.82, 2.24) is 4.31 Å². The van der Waals surface area contributed by atoms with E-state index in [0.29, 0.717) is 24.6 Å². The molecule has 1 saturated heterocycles. The van der Waals surface area contributed by atoms with Crippen LogP contribution in [0.15, 0.2) is 58.3 Å². The van der Waals surface area contributed by atoms with Gasteiger partial charge in [-0.3, -0.25) is 9.52 Å². The van der Waals surface area contributed by atoms with Crippen molar-refractivity contribution in [1.29, 1.82) is 0 Å². The first-order chi connectivity index (χ1) is 13.6. The predicted molar refractivity (Wildman–Crippen MR) is 111 cm³/mol. The van der Waals surface area contributed by atoms with E-state index in [1.54, 1.807) is 0 Å². The Kier molecular flexibility index (Phi) is 6.11. The third kappa shape index (κ3) is 4.85. The average molecular weight is 437 g/mol. The van der Waals surface area contributed by atoms with Gasteiger partial charge in [-0.15, -0.1) is 0 Å². The molecule has 29 heavy (non-hydrogen) atoms. The van der Waals surface area contributed by atoms with Crippen LogP contribution < -0.4 is 4.72 Å². The van der Waals surface area contributed by atoms with Crippen molar-refractivity contribution in [3.05, 3.63) is 54.1 Å². The number of carbonyl (C=O) groups excluding carboxylic acids is 1. The van der Waals surface area contributed by atoms with E-state index in [9.17, 15) is 21.6 Å². The van der Waals surface area contributed by atoms with E-state index in [-0.39, 0.29) is 21.3 Å². The molecule has 7 nitrogen and oxygen atoms in total. The van der Waals surface area contributed by atoms with Gasteiger partial charge in [0.15, 0.2) is 5.78 Å². The van der Waals surface area contributed by atoms with E-state index < -0.39 is 20.0 Å². The Morgan fingerprint density at radius 3 is 2.10 bits per heavy atom. The zero-order valence-corrected chi connectivity index (χ0v) is 18.0. The Hall–Kier alpha value is -2.23. The van der Waals surface area contributed by atoms with Gasteiger partial charge in [-0.2, -0.15) is 4.31 Å². The summed E-state index contributed by atoms with van der Waals surface area (Å²) in [7, 11) is -7.45. The highest BCUT2D eigenvalue weighted by Gasteiger charge is 2.28. The number of benzene rings is 2. The SMILES string of the molecule is CC(=O)c1ccc(S(=O)(=O)Nc2ccc(S(=O)(=O)N3CCCC(C)C3)cc2)cc1. The molecule has 0 radical (unpaired) electrons. The summed E-state index contributed by atoms with van der Waals surface area (Å²) in [6.07, 6.45) is 1.85. The number of carbonyl (C=O) groups is 1. The Morgan fingerprint density at radius 2 is 1.55 bits per heavy atom. The molecule has 0 spiro atoms. The zero-order valence-electron chi connectivity index (χ0n) is 16.3. The third-order valence-electron chi connectivity index (χ3n) is 4.94. The summed E-state index contributed by atoms with van der Waals surface area (Å²) >= 11 is 0. The molecule has 1 aliphatic heterocycles. The van der Waals surface area contributed by atoms with Crippen molar-refractivity contribution >= 4 is 31.5 Å². The summed E-state index contributed by atoms with van der Waals surface area (Å²) < 4.78 is 54.6. The molecule has 0 aromatic heterocycles. The average Bonchev–Trinajstić information content (AvgIpc) is 2.68. The van der Waals surface area contributed by atoms with Crippen LogP contribution in [-0.4, -0.2) is 40.0 Å². The van der Waals surface area contributed by atoms with Gasteiger partial charge in [-0.1, -0.05) is 19.1 Å². The van der Waals surface area contributed by atoms with E-state index >= 15 is 0 Å². The fourth-order valence-corrected chi connectivity index (χ4v) is 5.95. The van der Waals surface area contributed by atoms with Crippen molar-refractivity contribution in [2.45, 2.75) is 36.5 Å². The molecule has 0 bridgehead atoms. The molecule has 1 aliphatic rings. The number of ketones is 1. The number of nitrogens with zero attached hydrogens (tertiary/aromatic N) is 1. The normalized spacial score (nSPS) is 18.3. The number of sulfonamides is 2. The summed E-state index contributed by atoms with van der Waals surface area (Å²) in [5.41, 5.74) is 0.678. The summed E-state index contributed by atoms with van der Waals surface area (Å²) in [5.74, 6) is 0.167. The minimum Gasteiger partial charge on any atom is -0.295 e. The lowest BCUT2D eigenvalue weighted by Gasteiger charge is -2.30. The molecule has 3 rings (SSSR count). The summed E-state index contributed by atoms with van der Waals surface area (Å²) in [5, 5.41) is 0. The van der Waals surface area contributed by atoms with E-state index in [2.05, 4.69) is 4.72 Å². The topological polar surface area (TPSA) is 101 Å². The molecular formula is C20H24N2O5S2. The van der Waals surface area contributed by atoms with Crippen molar-refractivity contribution in [2.75, 3.05) is 17.8 Å². The monoisotopic (exact) mass is 436 g/mol. The standard InChI is InChI=1S/C20H24N2O5S2/c1-15-4-3-13-22(14-15)29(26,27)20-11-7-18(8-12-20)21-28(24,25)19-9-5-17(6-10-19)16(2)23/h5-12,15,21H,3-4,13-14H2,1-2H3. The number of rotatable bonds is 6. The van der Waals surface area contributed by atoms with Gasteiger partial charge in [0.25, 0.3) is 10.0 Å². The second-order valence-corrected chi connectivity index (χ2v) is 10.9. The first-order valence-corrected chi connectivity index (χ1v) is 12.3. The Labute approximate surface area is 171 Å². The first-order valence-electron chi connectivity index (χ1n) is 9.33. The van der Waals surface area contributed by atoms with E-state index in [1.165, 1.54) is 59.8 Å². The number of piperidine rings is 1. The zero-order chi connectivity index (χ0) is 21.2. The highest BCUT2D eigenvalue weighted by atomic mass is 32.2. The molecule has 1 N–H and O–H groups in total. The van der Waals surface area contributed by atoms with Crippen LogP contribution in [0.25, 0.3) is 0 Å². The van der Waals surface area contributed by atoms with E-state index in [1.807, 2.05) is 6.92 Å². The van der Waals surface area contributed by atoms with Gasteiger partial charge in [-0.05, 0) is 62.1 Å². The Morgan fingerprint density at radius 1 is 0.966 bits per heavy atom. The molecule has 1 unspecified atom stereocenters. The number of hydrogen-bond donors (Lipinski definition) is 1. The van der Waals surface area contributed by atoms with Gasteiger partial charge < -0.3 is 0 Å². The number of nitrogens with one attached hydrogen (secondary N) is 1. The van der Waals surface area contributed by atoms with E-state index in [4.69, 9.17) is 0 Å². The predicted octanol–water partition coefficient (Wildman–Crippen LogP) is 3.11. The molecule has 1 heterocycles. The van der Waals surface area contributed by atoms with Crippen molar-refractivity contribution in [3.63, 3.8) is 0 Å². The minimum absolute atomic E-state index is 0.0153. The van der Waals surface area contributed by atoms with Gasteiger partial charge >= 0.3 is 0 Å². The fourth-order valence-electron chi connectivity index (χ4n) is 3.29. The molecule has 156 valence electrons. The van der Waals surface area contributed by atoms with Gasteiger partial charge in [0, 0.05) is 24.3 Å². The van der Waals surface area contributed by atoms with Gasteiger partial charge in [-0.25, -0.2) is 16.8 Å². The van der Waals surface area contributed by atoms with Crippen LogP contribution in [0.1, 0.15) is 37.0 Å². The maximum atomic E-state index is 12.8. The van der Waals surface area contributed by atoms with Crippen LogP contribution in [0, 0.1) is 5.92 Å². The smallest absolute Gasteiger partial charge is 0.261 e. The molecule has 9 heteroatoms. The maximum absolute atomic E-state index is 12.8. The molecule has 0 saturated carbocycles. The number of Topliss-reactive ketones (excluding diaryl/α,β-unsaturated/α-hetero) is 1. The van der Waals surface area contributed by atoms with Crippen molar-refractivity contribution in [2.24, 2.45) is 5.92 Å². The largest absolute Gasteiger partial charge is 0.295 e. The van der Waals surface area contributed by atoms with Crippen LogP contribution >= 0.6 is 0 Å². The van der Waals surface area contributed by atoms with Crippen LogP contribution in [0.4, 0.5) is 5.69 Å². The Balaban J connectivity index is 1.77. The molecular weight excluding hydrogens is 412 g/mol. The summed E-state index contributed by atoms with van der Waals surface area (Å²) in [4.78, 5) is 11.5. The van der Waals surface area contributed by atoms with Gasteiger partial charge in [0.2, 0.25) is 10.0 Å². The molecule has 0 amide bonds. The van der Waals surface area contributed by atoms with E-state index in [0.717, 1.165) is 12.8 Å². The lowest BCUT2D eigenvalue weighted by Crippen LogP contribution is -2.39. The van der Waals surface area contributed by atoms with Crippen LogP contribution in [0.2, 0.25) is 0 Å². The molecule has 2 aromatic carbocycles.